The molecule has 0 unspecified atom stereocenters. The molecule has 0 saturated carbocycles. The van der Waals surface area contributed by atoms with E-state index in [1.807, 2.05) is 18.2 Å². The molecule has 1 heterocycles. The topological polar surface area (TPSA) is 70.7 Å². The summed E-state index contributed by atoms with van der Waals surface area (Å²) in [5.41, 5.74) is 2.03. The van der Waals surface area contributed by atoms with Gasteiger partial charge < -0.3 is 15.4 Å². The number of rotatable bonds is 9. The summed E-state index contributed by atoms with van der Waals surface area (Å²) < 4.78 is 31.9. The lowest BCUT2D eigenvalue weighted by Gasteiger charge is -2.27. The minimum Gasteiger partial charge on any atom is -0.379 e. The lowest BCUT2D eigenvalue weighted by molar-refractivity contribution is -0.121. The molecular formula is C23H27F2N3O3. The van der Waals surface area contributed by atoms with Crippen molar-refractivity contribution in [2.75, 3.05) is 32.8 Å². The zero-order valence-corrected chi connectivity index (χ0v) is 17.3. The molecule has 0 radical (unpaired) electrons. The number of halogens is 2. The highest BCUT2D eigenvalue weighted by Gasteiger charge is 2.14. The van der Waals surface area contributed by atoms with Crippen LogP contribution in [-0.2, 0) is 22.6 Å². The van der Waals surface area contributed by atoms with Gasteiger partial charge in [-0.3, -0.25) is 14.5 Å². The van der Waals surface area contributed by atoms with Gasteiger partial charge in [-0.15, -0.1) is 0 Å². The number of amides is 2. The van der Waals surface area contributed by atoms with Crippen LogP contribution in [-0.4, -0.2) is 49.6 Å². The van der Waals surface area contributed by atoms with E-state index in [2.05, 4.69) is 21.6 Å². The van der Waals surface area contributed by atoms with Gasteiger partial charge in [0.15, 0.2) is 0 Å². The van der Waals surface area contributed by atoms with Gasteiger partial charge in [-0.25, -0.2) is 8.78 Å². The fourth-order valence-electron chi connectivity index (χ4n) is 3.39. The smallest absolute Gasteiger partial charge is 0.254 e. The SMILES string of the molecule is O=C(CCCNC(=O)c1ccc(F)cc1F)NCc1ccccc1CN1CCOCC1. The van der Waals surface area contributed by atoms with Crippen LogP contribution in [0.25, 0.3) is 0 Å². The number of hydrogen-bond acceptors (Lipinski definition) is 4. The molecule has 0 aromatic heterocycles. The lowest BCUT2D eigenvalue weighted by Crippen LogP contribution is -2.36. The molecule has 2 aromatic carbocycles. The van der Waals surface area contributed by atoms with E-state index in [9.17, 15) is 18.4 Å². The second-order valence-corrected chi connectivity index (χ2v) is 7.42. The number of carbonyl (C=O) groups is 2. The van der Waals surface area contributed by atoms with E-state index in [4.69, 9.17) is 4.74 Å². The van der Waals surface area contributed by atoms with Crippen molar-refractivity contribution in [3.8, 4) is 0 Å². The highest BCUT2D eigenvalue weighted by molar-refractivity contribution is 5.94. The molecule has 0 aliphatic carbocycles. The second kappa shape index (κ2) is 11.5. The third-order valence-electron chi connectivity index (χ3n) is 5.13. The quantitative estimate of drug-likeness (QED) is 0.599. The summed E-state index contributed by atoms with van der Waals surface area (Å²) in [6, 6.07) is 10.8. The molecule has 2 N–H and O–H groups in total. The Bertz CT molecular complexity index is 901. The summed E-state index contributed by atoms with van der Waals surface area (Å²) in [7, 11) is 0. The van der Waals surface area contributed by atoms with E-state index in [0.717, 1.165) is 50.5 Å². The van der Waals surface area contributed by atoms with Gasteiger partial charge in [-0.2, -0.15) is 0 Å². The van der Waals surface area contributed by atoms with E-state index in [-0.39, 0.29) is 24.4 Å². The monoisotopic (exact) mass is 431 g/mol. The van der Waals surface area contributed by atoms with E-state index < -0.39 is 17.5 Å². The Balaban J connectivity index is 1.39. The molecule has 1 fully saturated rings. The van der Waals surface area contributed by atoms with Crippen molar-refractivity contribution in [3.63, 3.8) is 0 Å². The Morgan fingerprint density at radius 1 is 1.00 bits per heavy atom. The molecule has 1 aliphatic heterocycles. The van der Waals surface area contributed by atoms with Crippen LogP contribution in [0.15, 0.2) is 42.5 Å². The first-order valence-electron chi connectivity index (χ1n) is 10.4. The number of nitrogens with zero attached hydrogens (tertiary/aromatic N) is 1. The minimum absolute atomic E-state index is 0.122. The van der Waals surface area contributed by atoms with Crippen LogP contribution in [0.3, 0.4) is 0 Å². The van der Waals surface area contributed by atoms with Gasteiger partial charge >= 0.3 is 0 Å². The molecule has 2 aromatic rings. The molecule has 2 amide bonds. The Morgan fingerprint density at radius 2 is 1.74 bits per heavy atom. The van der Waals surface area contributed by atoms with Gasteiger partial charge in [0.1, 0.15) is 11.6 Å². The normalized spacial score (nSPS) is 14.3. The summed E-state index contributed by atoms with van der Waals surface area (Å²) in [6.45, 7) is 4.75. The average molecular weight is 431 g/mol. The molecule has 31 heavy (non-hydrogen) atoms. The second-order valence-electron chi connectivity index (χ2n) is 7.42. The zero-order valence-electron chi connectivity index (χ0n) is 17.3. The molecule has 6 nitrogen and oxygen atoms in total. The Labute approximate surface area is 180 Å². The van der Waals surface area contributed by atoms with Gasteiger partial charge in [0.25, 0.3) is 5.91 Å². The summed E-state index contributed by atoms with van der Waals surface area (Å²) in [5, 5.41) is 5.46. The first-order valence-corrected chi connectivity index (χ1v) is 10.4. The molecule has 0 spiro atoms. The van der Waals surface area contributed by atoms with E-state index >= 15 is 0 Å². The van der Waals surface area contributed by atoms with Crippen LogP contribution in [0.4, 0.5) is 8.78 Å². The number of ether oxygens (including phenoxy) is 1. The fourth-order valence-corrected chi connectivity index (χ4v) is 3.39. The number of morpholine rings is 1. The molecule has 8 heteroatoms. The first kappa shape index (κ1) is 22.8. The van der Waals surface area contributed by atoms with Crippen LogP contribution in [0.2, 0.25) is 0 Å². The van der Waals surface area contributed by atoms with Gasteiger partial charge in [0.2, 0.25) is 5.91 Å². The molecule has 0 atom stereocenters. The number of nitrogens with one attached hydrogen (secondary N) is 2. The third kappa shape index (κ3) is 7.11. The van der Waals surface area contributed by atoms with Crippen LogP contribution >= 0.6 is 0 Å². The molecule has 1 saturated heterocycles. The summed E-state index contributed by atoms with van der Waals surface area (Å²) >= 11 is 0. The van der Waals surface area contributed by atoms with Gasteiger partial charge in [0.05, 0.1) is 18.8 Å². The highest BCUT2D eigenvalue weighted by Crippen LogP contribution is 2.13. The lowest BCUT2D eigenvalue weighted by atomic mass is 10.1. The van der Waals surface area contributed by atoms with Crippen molar-refractivity contribution < 1.29 is 23.1 Å². The number of benzene rings is 2. The average Bonchev–Trinajstić information content (AvgIpc) is 2.76. The maximum absolute atomic E-state index is 13.6. The van der Waals surface area contributed by atoms with Crippen LogP contribution in [0.5, 0.6) is 0 Å². The maximum atomic E-state index is 13.6. The fraction of sp³-hybridized carbons (Fsp3) is 0.391. The highest BCUT2D eigenvalue weighted by atomic mass is 19.1. The Kier molecular flexibility index (Phi) is 8.49. The molecule has 1 aliphatic rings. The molecule has 166 valence electrons. The van der Waals surface area contributed by atoms with E-state index in [0.29, 0.717) is 19.0 Å². The minimum atomic E-state index is -0.911. The molecule has 3 rings (SSSR count). The van der Waals surface area contributed by atoms with Crippen molar-refractivity contribution in [1.29, 1.82) is 0 Å². The zero-order chi connectivity index (χ0) is 22.1. The molecular weight excluding hydrogens is 404 g/mol. The van der Waals surface area contributed by atoms with Crippen molar-refractivity contribution in [2.24, 2.45) is 0 Å². The van der Waals surface area contributed by atoms with Crippen molar-refractivity contribution >= 4 is 11.8 Å². The standard InChI is InChI=1S/C23H27F2N3O3/c24-19-7-8-20(21(25)14-19)23(30)26-9-3-6-22(29)27-15-17-4-1-2-5-18(17)16-28-10-12-31-13-11-28/h1-2,4-5,7-8,14H,3,6,9-13,15-16H2,(H,26,30)(H,27,29). The number of carbonyl (C=O) groups excluding carboxylic acids is 2. The summed E-state index contributed by atoms with van der Waals surface area (Å²) in [4.78, 5) is 26.4. The van der Waals surface area contributed by atoms with Gasteiger partial charge in [0, 0.05) is 45.2 Å². The van der Waals surface area contributed by atoms with Crippen molar-refractivity contribution in [2.45, 2.75) is 25.9 Å². The van der Waals surface area contributed by atoms with Crippen LogP contribution in [0.1, 0.15) is 34.3 Å². The maximum Gasteiger partial charge on any atom is 0.254 e. The summed E-state index contributed by atoms with van der Waals surface area (Å²) in [6.07, 6.45) is 0.646. The van der Waals surface area contributed by atoms with Gasteiger partial charge in [-0.1, -0.05) is 24.3 Å². The predicted octanol–water partition coefficient (Wildman–Crippen LogP) is 2.62. The summed E-state index contributed by atoms with van der Waals surface area (Å²) in [5.74, 6) is -2.40. The largest absolute Gasteiger partial charge is 0.379 e. The van der Waals surface area contributed by atoms with Crippen LogP contribution in [0, 0.1) is 11.6 Å². The number of hydrogen-bond donors (Lipinski definition) is 2. The molecule has 0 bridgehead atoms. The first-order chi connectivity index (χ1) is 15.0. The van der Waals surface area contributed by atoms with E-state index in [1.54, 1.807) is 0 Å². The van der Waals surface area contributed by atoms with Crippen molar-refractivity contribution in [3.05, 3.63) is 70.8 Å². The predicted molar refractivity (Wildman–Crippen MR) is 112 cm³/mol. The van der Waals surface area contributed by atoms with Crippen LogP contribution < -0.4 is 10.6 Å². The van der Waals surface area contributed by atoms with Crippen molar-refractivity contribution in [1.82, 2.24) is 15.5 Å². The third-order valence-corrected chi connectivity index (χ3v) is 5.13. The Hall–Kier alpha value is -2.84. The Morgan fingerprint density at radius 3 is 2.48 bits per heavy atom. The van der Waals surface area contributed by atoms with E-state index in [1.165, 1.54) is 5.56 Å². The van der Waals surface area contributed by atoms with Gasteiger partial charge in [-0.05, 0) is 29.7 Å².